The molecule has 0 aromatic heterocycles. The second kappa shape index (κ2) is 12.5. The molecular formula is C9H13NaOS2. The number of thiol groups is 2. The third-order valence-electron chi connectivity index (χ3n) is 1.11. The zero-order chi connectivity index (χ0) is 9.23. The van der Waals surface area contributed by atoms with Gasteiger partial charge >= 0.3 is 29.6 Å². The monoisotopic (exact) mass is 224 g/mol. The Bertz CT molecular complexity index is 204. The predicted octanol–water partition coefficient (Wildman–Crippen LogP) is 2.36. The molecule has 68 valence electrons. The van der Waals surface area contributed by atoms with Crippen molar-refractivity contribution < 1.29 is 4.74 Å². The molecule has 1 aromatic carbocycles. The van der Waals surface area contributed by atoms with Gasteiger partial charge in [0.15, 0.2) is 0 Å². The number of benzene rings is 1. The summed E-state index contributed by atoms with van der Waals surface area (Å²) in [4.78, 5) is 0. The maximum atomic E-state index is 5.24. The first-order valence-electron chi connectivity index (χ1n) is 3.42. The summed E-state index contributed by atoms with van der Waals surface area (Å²) in [6, 6.07) is 9.69. The number of rotatable bonds is 3. The van der Waals surface area contributed by atoms with Crippen LogP contribution in [0.15, 0.2) is 43.0 Å². The Hall–Kier alpha value is 0.460. The van der Waals surface area contributed by atoms with E-state index in [4.69, 9.17) is 4.74 Å². The molecular weight excluding hydrogens is 211 g/mol. The van der Waals surface area contributed by atoms with Crippen LogP contribution in [0.5, 0.6) is 5.75 Å². The standard InChI is InChI=1S/C9H10O.Na.H2S2.H/c1-2-8-10-9-6-4-3-5-7-9;;1-2;/h2-7H,1,8H2;;1-2H;. The van der Waals surface area contributed by atoms with Crippen molar-refractivity contribution in [2.45, 2.75) is 0 Å². The number of ether oxygens (including phenoxy) is 1. The van der Waals surface area contributed by atoms with Gasteiger partial charge in [-0.1, -0.05) is 30.9 Å². The van der Waals surface area contributed by atoms with Crippen LogP contribution in [0.25, 0.3) is 0 Å². The summed E-state index contributed by atoms with van der Waals surface area (Å²) < 4.78 is 5.24. The van der Waals surface area contributed by atoms with Crippen molar-refractivity contribution in [3.63, 3.8) is 0 Å². The van der Waals surface area contributed by atoms with Crippen LogP contribution in [0.1, 0.15) is 0 Å². The van der Waals surface area contributed by atoms with Crippen LogP contribution in [0.2, 0.25) is 0 Å². The van der Waals surface area contributed by atoms with Gasteiger partial charge in [-0.25, -0.2) is 0 Å². The molecule has 0 aliphatic heterocycles. The third kappa shape index (κ3) is 8.78. The fraction of sp³-hybridized carbons (Fsp3) is 0.111. The van der Waals surface area contributed by atoms with Gasteiger partial charge in [-0.15, -0.1) is 23.3 Å². The Labute approximate surface area is 112 Å². The first kappa shape index (κ1) is 15.9. The van der Waals surface area contributed by atoms with Crippen molar-refractivity contribution in [3.8, 4) is 5.75 Å². The number of hydrogen-bond acceptors (Lipinski definition) is 3. The molecule has 1 rings (SSSR count). The van der Waals surface area contributed by atoms with E-state index in [1.165, 1.54) is 0 Å². The van der Waals surface area contributed by atoms with Crippen molar-refractivity contribution >= 4 is 52.9 Å². The SMILES string of the molecule is C=CCOc1ccccc1.SS.[NaH]. The van der Waals surface area contributed by atoms with Crippen molar-refractivity contribution in [1.29, 1.82) is 0 Å². The molecule has 13 heavy (non-hydrogen) atoms. The van der Waals surface area contributed by atoms with E-state index in [9.17, 15) is 0 Å². The van der Waals surface area contributed by atoms with Crippen LogP contribution in [-0.2, 0) is 0 Å². The molecule has 0 aliphatic rings. The molecule has 0 spiro atoms. The average molecular weight is 224 g/mol. The summed E-state index contributed by atoms with van der Waals surface area (Å²) in [7, 11) is 0. The Balaban J connectivity index is 0. The number of para-hydroxylation sites is 1. The summed E-state index contributed by atoms with van der Waals surface area (Å²) in [5.41, 5.74) is 0. The third-order valence-corrected chi connectivity index (χ3v) is 1.11. The average Bonchev–Trinajstić information content (AvgIpc) is 2.19. The van der Waals surface area contributed by atoms with E-state index < -0.39 is 0 Å². The predicted molar refractivity (Wildman–Crippen MR) is 67.3 cm³/mol. The van der Waals surface area contributed by atoms with Crippen LogP contribution in [0, 0.1) is 0 Å². The fourth-order valence-corrected chi connectivity index (χ4v) is 0.672. The molecule has 0 saturated carbocycles. The summed E-state index contributed by atoms with van der Waals surface area (Å²) in [5, 5.41) is 0. The molecule has 1 nitrogen and oxygen atoms in total. The minimum atomic E-state index is 0. The quantitative estimate of drug-likeness (QED) is 0.347. The second-order valence-electron chi connectivity index (χ2n) is 1.91. The second-order valence-corrected chi connectivity index (χ2v) is 1.91. The van der Waals surface area contributed by atoms with Crippen molar-refractivity contribution in [2.24, 2.45) is 0 Å². The molecule has 4 heteroatoms. The van der Waals surface area contributed by atoms with Gasteiger partial charge < -0.3 is 4.74 Å². The van der Waals surface area contributed by atoms with E-state index in [1.54, 1.807) is 6.08 Å². The van der Waals surface area contributed by atoms with E-state index in [0.717, 1.165) is 5.75 Å². The Kier molecular flexibility index (Phi) is 15.3. The van der Waals surface area contributed by atoms with Crippen LogP contribution in [-0.4, -0.2) is 36.2 Å². The molecule has 0 bridgehead atoms. The Morgan fingerprint density at radius 2 is 1.77 bits per heavy atom. The summed E-state index contributed by atoms with van der Waals surface area (Å²) in [6.07, 6.45) is 1.73. The zero-order valence-corrected chi connectivity index (χ0v) is 8.47. The van der Waals surface area contributed by atoms with Gasteiger partial charge in [0.1, 0.15) is 12.4 Å². The Morgan fingerprint density at radius 1 is 1.23 bits per heavy atom. The molecule has 0 radical (unpaired) electrons. The van der Waals surface area contributed by atoms with E-state index in [0.29, 0.717) is 6.61 Å². The van der Waals surface area contributed by atoms with Gasteiger partial charge in [0.25, 0.3) is 0 Å². The molecule has 0 aliphatic carbocycles. The van der Waals surface area contributed by atoms with Gasteiger partial charge in [-0.2, -0.15) is 0 Å². The van der Waals surface area contributed by atoms with E-state index in [-0.39, 0.29) is 29.6 Å². The zero-order valence-electron chi connectivity index (χ0n) is 6.68. The van der Waals surface area contributed by atoms with E-state index in [1.807, 2.05) is 30.3 Å². The van der Waals surface area contributed by atoms with Crippen LogP contribution < -0.4 is 4.74 Å². The number of hydrogen-bond donors (Lipinski definition) is 2. The van der Waals surface area contributed by atoms with Crippen LogP contribution in [0.4, 0.5) is 0 Å². The molecule has 0 N–H and O–H groups in total. The van der Waals surface area contributed by atoms with E-state index >= 15 is 0 Å². The molecule has 0 saturated heterocycles. The molecule has 0 amide bonds. The van der Waals surface area contributed by atoms with Crippen molar-refractivity contribution in [1.82, 2.24) is 0 Å². The summed E-state index contributed by atoms with van der Waals surface area (Å²) in [5.74, 6) is 0.891. The minimum absolute atomic E-state index is 0. The Morgan fingerprint density at radius 3 is 2.23 bits per heavy atom. The first-order chi connectivity index (χ1) is 5.93. The van der Waals surface area contributed by atoms with Gasteiger partial charge in [0, 0.05) is 0 Å². The fourth-order valence-electron chi connectivity index (χ4n) is 0.672. The summed E-state index contributed by atoms with van der Waals surface area (Å²) in [6.45, 7) is 4.12. The molecule has 0 atom stereocenters. The first-order valence-corrected chi connectivity index (χ1v) is 5.02. The van der Waals surface area contributed by atoms with Crippen LogP contribution >= 0.6 is 23.3 Å². The van der Waals surface area contributed by atoms with Gasteiger partial charge in [0.05, 0.1) is 0 Å². The summed E-state index contributed by atoms with van der Waals surface area (Å²) >= 11 is 6.44. The molecule has 1 aromatic rings. The molecule has 0 unspecified atom stereocenters. The van der Waals surface area contributed by atoms with Crippen molar-refractivity contribution in [3.05, 3.63) is 43.0 Å². The maximum absolute atomic E-state index is 5.24. The topological polar surface area (TPSA) is 9.23 Å². The van der Waals surface area contributed by atoms with Gasteiger partial charge in [-0.3, -0.25) is 0 Å². The van der Waals surface area contributed by atoms with Crippen molar-refractivity contribution in [2.75, 3.05) is 6.61 Å². The molecule has 0 heterocycles. The van der Waals surface area contributed by atoms with Gasteiger partial charge in [0.2, 0.25) is 0 Å². The van der Waals surface area contributed by atoms with E-state index in [2.05, 4.69) is 29.9 Å². The van der Waals surface area contributed by atoms with Crippen LogP contribution in [0.3, 0.4) is 0 Å². The van der Waals surface area contributed by atoms with Gasteiger partial charge in [-0.05, 0) is 12.1 Å². The molecule has 0 fully saturated rings. The normalized spacial score (nSPS) is 7.23.